The average Bonchev–Trinajstić information content (AvgIpc) is 3.02. The van der Waals surface area contributed by atoms with Crippen molar-refractivity contribution >= 4 is 16.9 Å². The normalized spacial score (nSPS) is 10.7. The SMILES string of the molecule is COc1ccc2c(c1)nc(CCNC(=O)c1ccc(OC)c(OC)c1)n2C. The first-order valence-electron chi connectivity index (χ1n) is 8.57. The minimum Gasteiger partial charge on any atom is -0.497 e. The Kier molecular flexibility index (Phi) is 5.49. The van der Waals surface area contributed by atoms with Gasteiger partial charge in [0.25, 0.3) is 5.91 Å². The molecule has 0 saturated heterocycles. The second kappa shape index (κ2) is 7.99. The van der Waals surface area contributed by atoms with Crippen LogP contribution in [0.1, 0.15) is 16.2 Å². The van der Waals surface area contributed by atoms with E-state index >= 15 is 0 Å². The molecule has 0 radical (unpaired) electrons. The maximum absolute atomic E-state index is 12.4. The molecule has 0 aliphatic heterocycles. The first-order valence-corrected chi connectivity index (χ1v) is 8.57. The standard InChI is InChI=1S/C20H23N3O4/c1-23-16-7-6-14(25-2)12-15(16)22-19(23)9-10-21-20(24)13-5-8-17(26-3)18(11-13)27-4/h5-8,11-12H,9-10H2,1-4H3,(H,21,24). The molecule has 3 rings (SSSR count). The molecule has 27 heavy (non-hydrogen) atoms. The molecule has 0 atom stereocenters. The van der Waals surface area contributed by atoms with Crippen LogP contribution in [0.2, 0.25) is 0 Å². The Hall–Kier alpha value is -3.22. The van der Waals surface area contributed by atoms with E-state index in [4.69, 9.17) is 14.2 Å². The molecule has 1 amide bonds. The van der Waals surface area contributed by atoms with Gasteiger partial charge in [-0.15, -0.1) is 0 Å². The largest absolute Gasteiger partial charge is 0.497 e. The van der Waals surface area contributed by atoms with Gasteiger partial charge in [0.05, 0.1) is 32.4 Å². The van der Waals surface area contributed by atoms with E-state index in [2.05, 4.69) is 10.3 Å². The van der Waals surface area contributed by atoms with Gasteiger partial charge in [0.1, 0.15) is 11.6 Å². The van der Waals surface area contributed by atoms with Gasteiger partial charge in [-0.1, -0.05) is 0 Å². The Morgan fingerprint density at radius 3 is 2.52 bits per heavy atom. The zero-order valence-corrected chi connectivity index (χ0v) is 15.9. The lowest BCUT2D eigenvalue weighted by Gasteiger charge is -2.10. The van der Waals surface area contributed by atoms with Gasteiger partial charge in [-0.3, -0.25) is 4.79 Å². The van der Waals surface area contributed by atoms with Gasteiger partial charge in [-0.05, 0) is 30.3 Å². The number of carbonyl (C=O) groups excluding carboxylic acids is 1. The summed E-state index contributed by atoms with van der Waals surface area (Å²) in [6.07, 6.45) is 0.618. The Morgan fingerprint density at radius 1 is 1.04 bits per heavy atom. The number of aryl methyl sites for hydroxylation is 1. The van der Waals surface area contributed by atoms with Crippen LogP contribution in [0.3, 0.4) is 0 Å². The van der Waals surface area contributed by atoms with Crippen molar-refractivity contribution in [1.29, 1.82) is 0 Å². The Morgan fingerprint density at radius 2 is 1.81 bits per heavy atom. The van der Waals surface area contributed by atoms with E-state index in [1.165, 1.54) is 0 Å². The minimum atomic E-state index is -0.170. The van der Waals surface area contributed by atoms with Crippen LogP contribution in [-0.4, -0.2) is 43.3 Å². The van der Waals surface area contributed by atoms with Gasteiger partial charge < -0.3 is 24.1 Å². The number of amides is 1. The van der Waals surface area contributed by atoms with E-state index in [0.29, 0.717) is 30.0 Å². The molecule has 0 fully saturated rings. The van der Waals surface area contributed by atoms with E-state index in [1.807, 2.05) is 29.8 Å². The topological polar surface area (TPSA) is 74.6 Å². The van der Waals surface area contributed by atoms with E-state index in [-0.39, 0.29) is 5.91 Å². The highest BCUT2D eigenvalue weighted by Crippen LogP contribution is 2.27. The van der Waals surface area contributed by atoms with E-state index in [1.54, 1.807) is 39.5 Å². The molecule has 0 saturated carbocycles. The van der Waals surface area contributed by atoms with Gasteiger partial charge in [0.15, 0.2) is 11.5 Å². The van der Waals surface area contributed by atoms with Crippen molar-refractivity contribution in [3.63, 3.8) is 0 Å². The molecule has 7 nitrogen and oxygen atoms in total. The number of benzene rings is 2. The summed E-state index contributed by atoms with van der Waals surface area (Å²) in [5.74, 6) is 2.61. The molecule has 0 spiro atoms. The maximum atomic E-state index is 12.4. The Balaban J connectivity index is 1.66. The molecular formula is C20H23N3O4. The molecule has 142 valence electrons. The summed E-state index contributed by atoms with van der Waals surface area (Å²) in [5.41, 5.74) is 2.41. The molecule has 1 aromatic heterocycles. The molecular weight excluding hydrogens is 346 g/mol. The van der Waals surface area contributed by atoms with Crippen molar-refractivity contribution in [2.24, 2.45) is 7.05 Å². The number of imidazole rings is 1. The lowest BCUT2D eigenvalue weighted by molar-refractivity contribution is 0.0953. The molecule has 0 bridgehead atoms. The van der Waals surface area contributed by atoms with Gasteiger partial charge in [0.2, 0.25) is 0 Å². The first kappa shape index (κ1) is 18.6. The highest BCUT2D eigenvalue weighted by atomic mass is 16.5. The Labute approximate surface area is 157 Å². The second-order valence-corrected chi connectivity index (χ2v) is 6.02. The van der Waals surface area contributed by atoms with Crippen LogP contribution < -0.4 is 19.5 Å². The number of nitrogens with one attached hydrogen (secondary N) is 1. The maximum Gasteiger partial charge on any atom is 0.251 e. The van der Waals surface area contributed by atoms with Crippen LogP contribution >= 0.6 is 0 Å². The van der Waals surface area contributed by atoms with Gasteiger partial charge in [0, 0.05) is 31.6 Å². The summed E-state index contributed by atoms with van der Waals surface area (Å²) < 4.78 is 17.7. The summed E-state index contributed by atoms with van der Waals surface area (Å²) in [5, 5.41) is 2.92. The minimum absolute atomic E-state index is 0.170. The molecule has 1 N–H and O–H groups in total. The summed E-state index contributed by atoms with van der Waals surface area (Å²) in [6.45, 7) is 0.474. The van der Waals surface area contributed by atoms with Crippen molar-refractivity contribution < 1.29 is 19.0 Å². The smallest absolute Gasteiger partial charge is 0.251 e. The van der Waals surface area contributed by atoms with Crippen LogP contribution in [0, 0.1) is 0 Å². The predicted octanol–water partition coefficient (Wildman–Crippen LogP) is 2.57. The number of ether oxygens (including phenoxy) is 3. The summed E-state index contributed by atoms with van der Waals surface area (Å²) in [4.78, 5) is 17.0. The molecule has 3 aromatic rings. The molecule has 0 aliphatic carbocycles. The number of hydrogen-bond donors (Lipinski definition) is 1. The number of aromatic nitrogens is 2. The van der Waals surface area contributed by atoms with Crippen LogP contribution in [0.25, 0.3) is 11.0 Å². The summed E-state index contributed by atoms with van der Waals surface area (Å²) in [7, 11) is 6.70. The number of carbonyl (C=O) groups is 1. The van der Waals surface area contributed by atoms with Crippen LogP contribution in [-0.2, 0) is 13.5 Å². The van der Waals surface area contributed by atoms with Crippen molar-refractivity contribution in [1.82, 2.24) is 14.9 Å². The van der Waals surface area contributed by atoms with E-state index in [9.17, 15) is 4.79 Å². The highest BCUT2D eigenvalue weighted by Gasteiger charge is 2.12. The van der Waals surface area contributed by atoms with Gasteiger partial charge in [-0.2, -0.15) is 0 Å². The average molecular weight is 369 g/mol. The molecule has 2 aromatic carbocycles. The van der Waals surface area contributed by atoms with Crippen molar-refractivity contribution in [3.8, 4) is 17.2 Å². The van der Waals surface area contributed by atoms with Gasteiger partial charge in [-0.25, -0.2) is 4.98 Å². The lowest BCUT2D eigenvalue weighted by Crippen LogP contribution is -2.26. The van der Waals surface area contributed by atoms with E-state index in [0.717, 1.165) is 22.6 Å². The molecule has 7 heteroatoms. The zero-order valence-electron chi connectivity index (χ0n) is 15.9. The zero-order chi connectivity index (χ0) is 19.4. The predicted molar refractivity (Wildman–Crippen MR) is 103 cm³/mol. The van der Waals surface area contributed by atoms with Crippen molar-refractivity contribution in [3.05, 3.63) is 47.8 Å². The monoisotopic (exact) mass is 369 g/mol. The lowest BCUT2D eigenvalue weighted by atomic mass is 10.2. The van der Waals surface area contributed by atoms with Gasteiger partial charge >= 0.3 is 0 Å². The third-order valence-corrected chi connectivity index (χ3v) is 4.46. The third kappa shape index (κ3) is 3.81. The quantitative estimate of drug-likeness (QED) is 0.693. The molecule has 1 heterocycles. The number of fused-ring (bicyclic) bond motifs is 1. The number of nitrogens with zero attached hydrogens (tertiary/aromatic N) is 2. The number of hydrogen-bond acceptors (Lipinski definition) is 5. The van der Waals surface area contributed by atoms with Crippen molar-refractivity contribution in [2.45, 2.75) is 6.42 Å². The van der Waals surface area contributed by atoms with E-state index < -0.39 is 0 Å². The fraction of sp³-hybridized carbons (Fsp3) is 0.300. The van der Waals surface area contributed by atoms with Crippen molar-refractivity contribution in [2.75, 3.05) is 27.9 Å². The number of rotatable bonds is 7. The highest BCUT2D eigenvalue weighted by molar-refractivity contribution is 5.94. The molecule has 0 unspecified atom stereocenters. The third-order valence-electron chi connectivity index (χ3n) is 4.46. The fourth-order valence-electron chi connectivity index (χ4n) is 2.95. The van der Waals surface area contributed by atoms with Crippen LogP contribution in [0.5, 0.6) is 17.2 Å². The fourth-order valence-corrected chi connectivity index (χ4v) is 2.95. The first-order chi connectivity index (χ1) is 13.1. The second-order valence-electron chi connectivity index (χ2n) is 6.02. The summed E-state index contributed by atoms with van der Waals surface area (Å²) >= 11 is 0. The number of methoxy groups -OCH3 is 3. The van der Waals surface area contributed by atoms with Crippen LogP contribution in [0.15, 0.2) is 36.4 Å². The van der Waals surface area contributed by atoms with Crippen LogP contribution in [0.4, 0.5) is 0 Å². The summed E-state index contributed by atoms with van der Waals surface area (Å²) in [6, 6.07) is 10.9. The molecule has 0 aliphatic rings. The Bertz CT molecular complexity index is 965.